The van der Waals surface area contributed by atoms with Crippen LogP contribution in [-0.2, 0) is 13.0 Å². The molecule has 2 aromatic carbocycles. The van der Waals surface area contributed by atoms with Crippen molar-refractivity contribution in [2.75, 3.05) is 27.9 Å². The molecule has 0 radical (unpaired) electrons. The Balaban J connectivity index is 1.96. The second kappa shape index (κ2) is 8.63. The normalized spacial score (nSPS) is 17.9. The van der Waals surface area contributed by atoms with Gasteiger partial charge in [0.15, 0.2) is 11.5 Å². The van der Waals surface area contributed by atoms with Gasteiger partial charge < -0.3 is 19.9 Å². The summed E-state index contributed by atoms with van der Waals surface area (Å²) < 4.78 is 16.4. The van der Waals surface area contributed by atoms with Crippen molar-refractivity contribution in [1.82, 2.24) is 4.90 Å². The van der Waals surface area contributed by atoms with E-state index in [0.29, 0.717) is 0 Å². The summed E-state index contributed by atoms with van der Waals surface area (Å²) in [7, 11) is 5.05. The minimum atomic E-state index is 0.0489. The summed E-state index contributed by atoms with van der Waals surface area (Å²) in [6.45, 7) is 3.94. The van der Waals surface area contributed by atoms with Crippen LogP contribution in [0.25, 0.3) is 0 Å². The summed E-state index contributed by atoms with van der Waals surface area (Å²) >= 11 is 0. The van der Waals surface area contributed by atoms with Gasteiger partial charge in [-0.05, 0) is 53.8 Å². The van der Waals surface area contributed by atoms with E-state index in [9.17, 15) is 0 Å². The first-order valence-electron chi connectivity index (χ1n) is 9.48. The monoisotopic (exact) mass is 370 g/mol. The predicted octanol–water partition coefficient (Wildman–Crippen LogP) is 3.55. The van der Waals surface area contributed by atoms with Gasteiger partial charge >= 0.3 is 0 Å². The molecule has 0 spiro atoms. The summed E-state index contributed by atoms with van der Waals surface area (Å²) in [5, 5.41) is 0. The molecule has 0 aromatic heterocycles. The topological polar surface area (TPSA) is 57.0 Å². The molecule has 0 saturated heterocycles. The second-order valence-corrected chi connectivity index (χ2v) is 6.99. The van der Waals surface area contributed by atoms with Crippen LogP contribution >= 0.6 is 0 Å². The molecule has 1 aliphatic rings. The molecular weight excluding hydrogens is 340 g/mol. The number of methoxy groups -OCH3 is 3. The lowest BCUT2D eigenvalue weighted by molar-refractivity contribution is 0.148. The van der Waals surface area contributed by atoms with Crippen LogP contribution in [0.4, 0.5) is 0 Å². The third kappa shape index (κ3) is 4.04. The fraction of sp³-hybridized carbons (Fsp3) is 0.455. The number of rotatable bonds is 7. The average Bonchev–Trinajstić information content (AvgIpc) is 2.72. The van der Waals surface area contributed by atoms with Crippen LogP contribution in [0.3, 0.4) is 0 Å². The highest BCUT2D eigenvalue weighted by Crippen LogP contribution is 2.40. The van der Waals surface area contributed by atoms with E-state index in [-0.39, 0.29) is 12.1 Å². The molecule has 5 nitrogen and oxygen atoms in total. The smallest absolute Gasteiger partial charge is 0.161 e. The Kier molecular flexibility index (Phi) is 6.24. The van der Waals surface area contributed by atoms with E-state index in [1.54, 1.807) is 21.3 Å². The number of nitrogens with zero attached hydrogens (tertiary/aromatic N) is 1. The molecule has 5 heteroatoms. The van der Waals surface area contributed by atoms with E-state index in [0.717, 1.165) is 43.2 Å². The van der Waals surface area contributed by atoms with E-state index < -0.39 is 0 Å². The van der Waals surface area contributed by atoms with Crippen LogP contribution in [0, 0.1) is 0 Å². The molecule has 1 heterocycles. The standard InChI is InChI=1S/C22H30N2O3/c1-5-19(23)22-18-13-21(27-4)20(26-3)12-16(18)9-10-24(22)14-15-7-6-8-17(11-15)25-2/h6-8,11-13,19,22H,5,9-10,14,23H2,1-4H3. The number of nitrogens with two attached hydrogens (primary N) is 1. The van der Waals surface area contributed by atoms with Gasteiger partial charge in [0.1, 0.15) is 5.75 Å². The summed E-state index contributed by atoms with van der Waals surface area (Å²) in [6, 6.07) is 12.6. The van der Waals surface area contributed by atoms with Crippen LogP contribution in [0.15, 0.2) is 36.4 Å². The summed E-state index contributed by atoms with van der Waals surface area (Å²) in [5.41, 5.74) is 10.4. The Morgan fingerprint density at radius 1 is 1.07 bits per heavy atom. The zero-order valence-electron chi connectivity index (χ0n) is 16.7. The Labute approximate surface area is 162 Å². The van der Waals surface area contributed by atoms with Gasteiger partial charge in [-0.1, -0.05) is 19.1 Å². The van der Waals surface area contributed by atoms with Crippen LogP contribution in [0.1, 0.15) is 36.1 Å². The highest BCUT2D eigenvalue weighted by atomic mass is 16.5. The first-order chi connectivity index (χ1) is 13.1. The maximum absolute atomic E-state index is 6.59. The average molecular weight is 370 g/mol. The third-order valence-electron chi connectivity index (χ3n) is 5.42. The Bertz CT molecular complexity index is 778. The van der Waals surface area contributed by atoms with E-state index in [2.05, 4.69) is 36.1 Å². The number of hydrogen-bond acceptors (Lipinski definition) is 5. The quantitative estimate of drug-likeness (QED) is 0.808. The molecule has 0 fully saturated rings. The van der Waals surface area contributed by atoms with Crippen LogP contribution < -0.4 is 19.9 Å². The van der Waals surface area contributed by atoms with Gasteiger partial charge in [0.25, 0.3) is 0 Å². The highest BCUT2D eigenvalue weighted by Gasteiger charge is 2.32. The van der Waals surface area contributed by atoms with E-state index >= 15 is 0 Å². The van der Waals surface area contributed by atoms with Gasteiger partial charge in [0.2, 0.25) is 0 Å². The maximum Gasteiger partial charge on any atom is 0.161 e. The molecule has 146 valence electrons. The largest absolute Gasteiger partial charge is 0.497 e. The Morgan fingerprint density at radius 2 is 1.81 bits per heavy atom. The number of benzene rings is 2. The van der Waals surface area contributed by atoms with Gasteiger partial charge in [-0.2, -0.15) is 0 Å². The molecule has 2 unspecified atom stereocenters. The lowest BCUT2D eigenvalue weighted by Crippen LogP contribution is -2.44. The van der Waals surface area contributed by atoms with Crippen molar-refractivity contribution >= 4 is 0 Å². The number of fused-ring (bicyclic) bond motifs is 1. The van der Waals surface area contributed by atoms with E-state index in [1.165, 1.54) is 16.7 Å². The van der Waals surface area contributed by atoms with Crippen molar-refractivity contribution in [2.24, 2.45) is 5.73 Å². The maximum atomic E-state index is 6.59. The van der Waals surface area contributed by atoms with Gasteiger partial charge in [0.05, 0.1) is 27.4 Å². The van der Waals surface area contributed by atoms with Gasteiger partial charge in [-0.3, -0.25) is 4.90 Å². The highest BCUT2D eigenvalue weighted by molar-refractivity contribution is 5.50. The second-order valence-electron chi connectivity index (χ2n) is 6.99. The predicted molar refractivity (Wildman–Crippen MR) is 108 cm³/mol. The van der Waals surface area contributed by atoms with Crippen molar-refractivity contribution < 1.29 is 14.2 Å². The van der Waals surface area contributed by atoms with Crippen molar-refractivity contribution in [3.05, 3.63) is 53.1 Å². The van der Waals surface area contributed by atoms with Crippen LogP contribution in [0.5, 0.6) is 17.2 Å². The molecule has 27 heavy (non-hydrogen) atoms. The molecule has 2 atom stereocenters. The fourth-order valence-corrected chi connectivity index (χ4v) is 3.94. The van der Waals surface area contributed by atoms with Crippen molar-refractivity contribution in [3.63, 3.8) is 0 Å². The van der Waals surface area contributed by atoms with E-state index in [4.69, 9.17) is 19.9 Å². The van der Waals surface area contributed by atoms with Crippen molar-refractivity contribution in [2.45, 2.75) is 38.4 Å². The summed E-state index contributed by atoms with van der Waals surface area (Å²) in [5.74, 6) is 2.42. The zero-order valence-corrected chi connectivity index (χ0v) is 16.7. The third-order valence-corrected chi connectivity index (χ3v) is 5.42. The number of hydrogen-bond donors (Lipinski definition) is 1. The van der Waals surface area contributed by atoms with Gasteiger partial charge in [-0.15, -0.1) is 0 Å². The SMILES string of the molecule is CCC(N)C1c2cc(OC)c(OC)cc2CCN1Cc1cccc(OC)c1. The molecule has 2 aromatic rings. The van der Waals surface area contributed by atoms with Gasteiger partial charge in [-0.25, -0.2) is 0 Å². The molecule has 0 saturated carbocycles. The van der Waals surface area contributed by atoms with Crippen LogP contribution in [0.2, 0.25) is 0 Å². The molecule has 0 amide bonds. The Hall–Kier alpha value is -2.24. The molecule has 1 aliphatic heterocycles. The lowest BCUT2D eigenvalue weighted by Gasteiger charge is -2.40. The minimum absolute atomic E-state index is 0.0489. The number of ether oxygens (including phenoxy) is 3. The van der Waals surface area contributed by atoms with Crippen molar-refractivity contribution in [3.8, 4) is 17.2 Å². The first-order valence-corrected chi connectivity index (χ1v) is 9.48. The molecule has 2 N–H and O–H groups in total. The molecule has 3 rings (SSSR count). The lowest BCUT2D eigenvalue weighted by atomic mass is 9.86. The molecule has 0 bridgehead atoms. The summed E-state index contributed by atoms with van der Waals surface area (Å²) in [6.07, 6.45) is 1.87. The van der Waals surface area contributed by atoms with Crippen molar-refractivity contribution in [1.29, 1.82) is 0 Å². The van der Waals surface area contributed by atoms with Crippen LogP contribution in [-0.4, -0.2) is 38.8 Å². The Morgan fingerprint density at radius 3 is 2.48 bits per heavy atom. The minimum Gasteiger partial charge on any atom is -0.497 e. The molecule has 0 aliphatic carbocycles. The molecular formula is C22H30N2O3. The summed E-state index contributed by atoms with van der Waals surface area (Å²) in [4.78, 5) is 2.47. The zero-order chi connectivity index (χ0) is 19.4. The first kappa shape index (κ1) is 19.5. The van der Waals surface area contributed by atoms with Gasteiger partial charge in [0, 0.05) is 19.1 Å². The fourth-order valence-electron chi connectivity index (χ4n) is 3.94. The van der Waals surface area contributed by atoms with E-state index in [1.807, 2.05) is 12.1 Å².